The maximum atomic E-state index is 14.1. The molecule has 0 radical (unpaired) electrons. The minimum Gasteiger partial charge on any atom is -0.447 e. The van der Waals surface area contributed by atoms with E-state index in [0.717, 1.165) is 26.3 Å². The Labute approximate surface area is 165 Å². The molecule has 0 spiro atoms. The van der Waals surface area contributed by atoms with E-state index in [-0.39, 0.29) is 31.5 Å². The van der Waals surface area contributed by atoms with Gasteiger partial charge < -0.3 is 14.8 Å². The highest BCUT2D eigenvalue weighted by atomic mass is 32.2. The first-order chi connectivity index (χ1) is 12.8. The molecule has 2 aliphatic heterocycles. The molecule has 27 heavy (non-hydrogen) atoms. The lowest BCUT2D eigenvalue weighted by Gasteiger charge is -2.18. The van der Waals surface area contributed by atoms with Gasteiger partial charge >= 0.3 is 12.2 Å². The van der Waals surface area contributed by atoms with Crippen molar-refractivity contribution in [2.45, 2.75) is 13.0 Å². The Hall–Kier alpha value is -2.14. The van der Waals surface area contributed by atoms with Gasteiger partial charge in [0.25, 0.3) is 0 Å². The molecule has 7 nitrogen and oxygen atoms in total. The van der Waals surface area contributed by atoms with Gasteiger partial charge in [-0.3, -0.25) is 9.80 Å². The minimum atomic E-state index is -0.934. The van der Waals surface area contributed by atoms with Crippen LogP contribution in [0.3, 0.4) is 0 Å². The van der Waals surface area contributed by atoms with E-state index in [2.05, 4.69) is 10.1 Å². The van der Waals surface area contributed by atoms with Gasteiger partial charge in [-0.1, -0.05) is 12.2 Å². The molecular weight excluding hydrogens is 400 g/mol. The molecule has 2 saturated heterocycles. The molecule has 2 aliphatic rings. The Morgan fingerprint density at radius 2 is 1.89 bits per heavy atom. The van der Waals surface area contributed by atoms with Crippen molar-refractivity contribution in [3.63, 3.8) is 0 Å². The van der Waals surface area contributed by atoms with Crippen molar-refractivity contribution in [3.8, 4) is 0 Å². The van der Waals surface area contributed by atoms with E-state index < -0.39 is 29.5 Å². The first-order valence-corrected chi connectivity index (χ1v) is 9.59. The van der Waals surface area contributed by atoms with Crippen molar-refractivity contribution in [2.24, 2.45) is 0 Å². The van der Waals surface area contributed by atoms with Crippen LogP contribution in [0, 0.1) is 11.6 Å². The average molecular weight is 419 g/mol. The Morgan fingerprint density at radius 3 is 2.26 bits per heavy atom. The summed E-state index contributed by atoms with van der Waals surface area (Å²) in [6, 6.07) is 2.01. The molecule has 1 aromatic rings. The van der Waals surface area contributed by atoms with Crippen LogP contribution < -0.4 is 15.1 Å². The summed E-state index contributed by atoms with van der Waals surface area (Å²) in [4.78, 5) is 25.0. The Morgan fingerprint density at radius 1 is 1.26 bits per heavy atom. The SMILES string of the molecule is CC1CN(c2cc(F)c(N3CCOC3=O)c(F)c2)C(=O)O1.CNC(=S)SC. The monoisotopic (exact) mass is 419 g/mol. The number of ether oxygens (including phenoxy) is 2. The summed E-state index contributed by atoms with van der Waals surface area (Å²) < 4.78 is 38.7. The summed E-state index contributed by atoms with van der Waals surface area (Å²) in [5.41, 5.74) is -0.419. The predicted octanol–water partition coefficient (Wildman–Crippen LogP) is 3.12. The number of thioether (sulfide) groups is 1. The van der Waals surface area contributed by atoms with Gasteiger partial charge in [0, 0.05) is 19.2 Å². The number of benzene rings is 1. The van der Waals surface area contributed by atoms with Crippen molar-refractivity contribution in [3.05, 3.63) is 23.8 Å². The number of hydrogen-bond acceptors (Lipinski definition) is 6. The van der Waals surface area contributed by atoms with Crippen LogP contribution in [0.25, 0.3) is 0 Å². The van der Waals surface area contributed by atoms with E-state index in [1.54, 1.807) is 18.7 Å². The van der Waals surface area contributed by atoms with Gasteiger partial charge in [-0.25, -0.2) is 18.4 Å². The van der Waals surface area contributed by atoms with Gasteiger partial charge in [-0.15, -0.1) is 11.8 Å². The number of carbonyl (C=O) groups excluding carboxylic acids is 2. The van der Waals surface area contributed by atoms with Crippen molar-refractivity contribution >= 4 is 51.9 Å². The smallest absolute Gasteiger partial charge is 0.414 e. The number of anilines is 2. The number of halogens is 2. The van der Waals surface area contributed by atoms with E-state index in [9.17, 15) is 18.4 Å². The van der Waals surface area contributed by atoms with Gasteiger partial charge in [-0.05, 0) is 13.2 Å². The van der Waals surface area contributed by atoms with Gasteiger partial charge in [0.1, 0.15) is 22.7 Å². The maximum absolute atomic E-state index is 14.1. The summed E-state index contributed by atoms with van der Waals surface area (Å²) in [6.45, 7) is 2.05. The summed E-state index contributed by atoms with van der Waals surface area (Å²) in [7, 11) is 1.82. The maximum Gasteiger partial charge on any atom is 0.414 e. The number of rotatable bonds is 2. The first kappa shape index (κ1) is 21.2. The number of amides is 2. The molecule has 148 valence electrons. The fraction of sp³-hybridized carbons (Fsp3) is 0.438. The second-order valence-corrected chi connectivity index (χ2v) is 7.05. The molecule has 1 aromatic carbocycles. The summed E-state index contributed by atoms with van der Waals surface area (Å²) >= 11 is 6.25. The Balaban J connectivity index is 0.000000380. The van der Waals surface area contributed by atoms with E-state index in [0.29, 0.717) is 0 Å². The third kappa shape index (κ3) is 4.98. The van der Waals surface area contributed by atoms with E-state index in [4.69, 9.17) is 17.0 Å². The molecule has 0 saturated carbocycles. The molecule has 11 heteroatoms. The van der Waals surface area contributed by atoms with Crippen LogP contribution >= 0.6 is 24.0 Å². The molecule has 1 atom stereocenters. The van der Waals surface area contributed by atoms with Crippen LogP contribution in [0.4, 0.5) is 29.7 Å². The van der Waals surface area contributed by atoms with Crippen LogP contribution in [-0.2, 0) is 9.47 Å². The normalized spacial score (nSPS) is 18.6. The van der Waals surface area contributed by atoms with Crippen molar-refractivity contribution in [1.29, 1.82) is 0 Å². The summed E-state index contributed by atoms with van der Waals surface area (Å²) in [6.07, 6.45) is 0.139. The Bertz CT molecular complexity index is 721. The number of thiocarbonyl (C=S) groups is 1. The quantitative estimate of drug-likeness (QED) is 0.739. The highest BCUT2D eigenvalue weighted by Crippen LogP contribution is 2.32. The van der Waals surface area contributed by atoms with Gasteiger partial charge in [0.05, 0.1) is 18.8 Å². The standard InChI is InChI=1S/C13H12F2N2O4.C3H7NS2/c1-7-6-17(13(19)21-7)8-4-9(14)11(10(15)5-8)16-2-3-20-12(16)18;1-4-3(5)6-2/h4-5,7H,2-3,6H2,1H3;1-2H3,(H,4,5). The molecule has 1 N–H and O–H groups in total. The molecule has 3 rings (SSSR count). The van der Waals surface area contributed by atoms with Gasteiger partial charge in [-0.2, -0.15) is 0 Å². The number of nitrogens with zero attached hydrogens (tertiary/aromatic N) is 2. The number of carbonyl (C=O) groups is 2. The predicted molar refractivity (Wildman–Crippen MR) is 104 cm³/mol. The van der Waals surface area contributed by atoms with Crippen LogP contribution in [-0.4, -0.2) is 55.6 Å². The highest BCUT2D eigenvalue weighted by molar-refractivity contribution is 8.22. The number of nitrogens with one attached hydrogen (secondary N) is 1. The zero-order chi connectivity index (χ0) is 20.1. The second kappa shape index (κ2) is 9.18. The average Bonchev–Trinajstić information content (AvgIpc) is 3.19. The minimum absolute atomic E-state index is 0.0515. The topological polar surface area (TPSA) is 71.1 Å². The largest absolute Gasteiger partial charge is 0.447 e. The summed E-state index contributed by atoms with van der Waals surface area (Å²) in [5.74, 6) is -1.87. The van der Waals surface area contributed by atoms with E-state index in [1.807, 2.05) is 13.3 Å². The lowest BCUT2D eigenvalue weighted by Crippen LogP contribution is -2.27. The van der Waals surface area contributed by atoms with Crippen LogP contribution in [0.5, 0.6) is 0 Å². The highest BCUT2D eigenvalue weighted by Gasteiger charge is 2.33. The van der Waals surface area contributed by atoms with Crippen LogP contribution in [0.15, 0.2) is 12.1 Å². The van der Waals surface area contributed by atoms with E-state index in [1.165, 1.54) is 0 Å². The molecule has 2 amide bonds. The zero-order valence-electron chi connectivity index (χ0n) is 15.0. The lowest BCUT2D eigenvalue weighted by atomic mass is 10.2. The number of cyclic esters (lactones) is 2. The molecule has 1 unspecified atom stereocenters. The molecule has 0 aliphatic carbocycles. The lowest BCUT2D eigenvalue weighted by molar-refractivity contribution is 0.150. The molecular formula is C16H19F2N3O4S2. The summed E-state index contributed by atoms with van der Waals surface area (Å²) in [5, 5.41) is 2.81. The fourth-order valence-corrected chi connectivity index (χ4v) is 2.68. The van der Waals surface area contributed by atoms with Crippen molar-refractivity contribution in [1.82, 2.24) is 5.32 Å². The molecule has 2 heterocycles. The third-order valence-corrected chi connectivity index (χ3v) is 4.97. The van der Waals surface area contributed by atoms with E-state index >= 15 is 0 Å². The molecule has 2 fully saturated rings. The van der Waals surface area contributed by atoms with Gasteiger partial charge in [0.2, 0.25) is 0 Å². The van der Waals surface area contributed by atoms with Crippen molar-refractivity contribution < 1.29 is 27.8 Å². The molecule has 0 bridgehead atoms. The van der Waals surface area contributed by atoms with Gasteiger partial charge in [0.15, 0.2) is 11.6 Å². The molecule has 0 aromatic heterocycles. The number of hydrogen-bond donors (Lipinski definition) is 1. The second-order valence-electron chi connectivity index (χ2n) is 5.57. The zero-order valence-corrected chi connectivity index (χ0v) is 16.6. The first-order valence-electron chi connectivity index (χ1n) is 7.95. The fourth-order valence-electron chi connectivity index (χ4n) is 2.48. The Kier molecular flexibility index (Phi) is 7.19. The third-order valence-electron chi connectivity index (χ3n) is 3.70. The van der Waals surface area contributed by atoms with Crippen LogP contribution in [0.1, 0.15) is 6.92 Å². The van der Waals surface area contributed by atoms with Crippen LogP contribution in [0.2, 0.25) is 0 Å². The van der Waals surface area contributed by atoms with Crippen molar-refractivity contribution in [2.75, 3.05) is 42.8 Å².